The minimum Gasteiger partial charge on any atom is -0.390 e. The summed E-state index contributed by atoms with van der Waals surface area (Å²) in [4.78, 5) is 21.7. The van der Waals surface area contributed by atoms with Gasteiger partial charge in [-0.2, -0.15) is 0 Å². The number of carbonyl (C=O) groups excluding carboxylic acids is 1. The SMILES string of the molecule is O=C1N=NC([N+](=O)[O-])=N1.[K+]. The first-order valence-electron chi connectivity index (χ1n) is 1.89. The van der Waals surface area contributed by atoms with Crippen LogP contribution in [0, 0.1) is 10.1 Å². The van der Waals surface area contributed by atoms with E-state index in [1.807, 2.05) is 0 Å². The maximum atomic E-state index is 10.0. The molecule has 7 nitrogen and oxygen atoms in total. The third-order valence-corrected chi connectivity index (χ3v) is 0.584. The van der Waals surface area contributed by atoms with Gasteiger partial charge in [-0.05, 0) is 4.92 Å². The molecule has 46 valence electrons. The van der Waals surface area contributed by atoms with E-state index in [0.717, 1.165) is 0 Å². The molecule has 2 amide bonds. The molecule has 1 aliphatic heterocycles. The van der Waals surface area contributed by atoms with Crippen molar-refractivity contribution in [3.63, 3.8) is 0 Å². The number of guanidine groups is 1. The van der Waals surface area contributed by atoms with Gasteiger partial charge in [0.2, 0.25) is 0 Å². The van der Waals surface area contributed by atoms with Gasteiger partial charge in [0.05, 0.1) is 5.11 Å². The van der Waals surface area contributed by atoms with Crippen LogP contribution in [0.5, 0.6) is 0 Å². The molecule has 1 heterocycles. The van der Waals surface area contributed by atoms with Gasteiger partial charge in [-0.1, -0.05) is 0 Å². The minimum atomic E-state index is -0.929. The zero-order chi connectivity index (χ0) is 6.85. The number of amides is 2. The van der Waals surface area contributed by atoms with Gasteiger partial charge in [0.25, 0.3) is 0 Å². The predicted octanol–water partition coefficient (Wildman–Crippen LogP) is -2.79. The molecule has 0 aromatic rings. The van der Waals surface area contributed by atoms with Crippen LogP contribution < -0.4 is 51.4 Å². The molecule has 0 unspecified atom stereocenters. The molecule has 0 aromatic carbocycles. The van der Waals surface area contributed by atoms with Crippen molar-refractivity contribution in [3.8, 4) is 0 Å². The van der Waals surface area contributed by atoms with E-state index in [1.54, 1.807) is 0 Å². The molecule has 0 saturated heterocycles. The van der Waals surface area contributed by atoms with E-state index in [1.165, 1.54) is 0 Å². The van der Waals surface area contributed by atoms with Gasteiger partial charge in [-0.3, -0.25) is 0 Å². The van der Waals surface area contributed by atoms with E-state index in [-0.39, 0.29) is 51.4 Å². The fraction of sp³-hybridized carbons (Fsp3) is 0. The Morgan fingerprint density at radius 1 is 1.40 bits per heavy atom. The zero-order valence-corrected chi connectivity index (χ0v) is 8.14. The first-order chi connectivity index (χ1) is 4.20. The van der Waals surface area contributed by atoms with Gasteiger partial charge >= 0.3 is 63.4 Å². The Morgan fingerprint density at radius 2 is 2.00 bits per heavy atom. The first-order valence-corrected chi connectivity index (χ1v) is 1.89. The van der Waals surface area contributed by atoms with Crippen molar-refractivity contribution in [3.05, 3.63) is 10.1 Å². The van der Waals surface area contributed by atoms with Gasteiger partial charge in [0.15, 0.2) is 0 Å². The van der Waals surface area contributed by atoms with Crippen LogP contribution in [0.1, 0.15) is 0 Å². The summed E-state index contributed by atoms with van der Waals surface area (Å²) < 4.78 is 0. The number of carbonyl (C=O) groups is 1. The molecule has 0 radical (unpaired) electrons. The van der Waals surface area contributed by atoms with E-state index >= 15 is 0 Å². The van der Waals surface area contributed by atoms with Crippen LogP contribution in [-0.4, -0.2) is 16.9 Å². The Labute approximate surface area is 97.2 Å². The van der Waals surface area contributed by atoms with Gasteiger partial charge < -0.3 is 10.1 Å². The summed E-state index contributed by atoms with van der Waals surface area (Å²) in [6.07, 6.45) is 0. The summed E-state index contributed by atoms with van der Waals surface area (Å²) >= 11 is 0. The van der Waals surface area contributed by atoms with Crippen LogP contribution in [0.2, 0.25) is 0 Å². The molecular weight excluding hydrogens is 167 g/mol. The standard InChI is InChI=1S/C2N4O3.K/c7-2-3-1(4-5-2)6(8)9;/q;+1. The Morgan fingerprint density at radius 3 is 2.20 bits per heavy atom. The van der Waals surface area contributed by atoms with E-state index < -0.39 is 16.9 Å². The van der Waals surface area contributed by atoms with Crippen molar-refractivity contribution in [1.82, 2.24) is 0 Å². The van der Waals surface area contributed by atoms with E-state index in [4.69, 9.17) is 0 Å². The third kappa shape index (κ3) is 2.31. The average molecular weight is 167 g/mol. The Balaban J connectivity index is 0.000000810. The number of rotatable bonds is 0. The molecule has 0 bridgehead atoms. The number of nitro groups is 1. The predicted molar refractivity (Wildman–Crippen MR) is 24.7 cm³/mol. The zero-order valence-electron chi connectivity index (χ0n) is 5.01. The van der Waals surface area contributed by atoms with Crippen molar-refractivity contribution in [2.24, 2.45) is 15.2 Å². The average Bonchev–Trinajstić information content (AvgIpc) is 2.14. The van der Waals surface area contributed by atoms with Crippen LogP contribution in [0.25, 0.3) is 0 Å². The van der Waals surface area contributed by atoms with Crippen LogP contribution in [0.3, 0.4) is 0 Å². The summed E-state index contributed by atoms with van der Waals surface area (Å²) in [6.45, 7) is 0. The van der Waals surface area contributed by atoms with Crippen molar-refractivity contribution < 1.29 is 61.1 Å². The van der Waals surface area contributed by atoms with E-state index in [2.05, 4.69) is 15.2 Å². The van der Waals surface area contributed by atoms with E-state index in [9.17, 15) is 14.9 Å². The summed E-state index contributed by atoms with van der Waals surface area (Å²) in [5, 5.41) is 15.3. The van der Waals surface area contributed by atoms with E-state index in [0.29, 0.717) is 0 Å². The second-order valence-corrected chi connectivity index (χ2v) is 1.15. The van der Waals surface area contributed by atoms with Gasteiger partial charge in [-0.25, -0.2) is 4.79 Å². The number of aliphatic imine (C=N–C) groups is 1. The molecule has 0 saturated carbocycles. The van der Waals surface area contributed by atoms with Gasteiger partial charge in [0, 0.05) is 10.1 Å². The monoisotopic (exact) mass is 167 g/mol. The second kappa shape index (κ2) is 3.98. The summed E-state index contributed by atoms with van der Waals surface area (Å²) in [7, 11) is 0. The topological polar surface area (TPSA) is 97.3 Å². The normalized spacial score (nSPS) is 14.4. The largest absolute Gasteiger partial charge is 1.00 e. The first kappa shape index (κ1) is 9.98. The van der Waals surface area contributed by atoms with Crippen molar-refractivity contribution in [2.75, 3.05) is 0 Å². The molecule has 10 heavy (non-hydrogen) atoms. The van der Waals surface area contributed by atoms with Gasteiger partial charge in [0.1, 0.15) is 0 Å². The quantitative estimate of drug-likeness (QED) is 0.221. The molecule has 0 atom stereocenters. The smallest absolute Gasteiger partial charge is 0.390 e. The molecule has 0 fully saturated rings. The van der Waals surface area contributed by atoms with Crippen LogP contribution in [0.15, 0.2) is 15.2 Å². The second-order valence-electron chi connectivity index (χ2n) is 1.15. The van der Waals surface area contributed by atoms with Crippen molar-refractivity contribution >= 4 is 12.0 Å². The molecular formula is C2KN4O3+. The fourth-order valence-electron chi connectivity index (χ4n) is 0.295. The molecule has 0 aliphatic carbocycles. The summed E-state index contributed by atoms with van der Waals surface area (Å²) in [6, 6.07) is -0.929. The van der Waals surface area contributed by atoms with Crippen molar-refractivity contribution in [2.45, 2.75) is 0 Å². The molecule has 0 aromatic heterocycles. The molecule has 1 rings (SSSR count). The number of urea groups is 1. The number of hydrogen-bond acceptors (Lipinski definition) is 4. The Kier molecular flexibility index (Phi) is 3.97. The number of azo groups is 1. The summed E-state index contributed by atoms with van der Waals surface area (Å²) in [5.41, 5.74) is 0. The molecule has 1 aliphatic rings. The summed E-state index contributed by atoms with van der Waals surface area (Å²) in [5.74, 6) is -0.750. The number of nitrogens with zero attached hydrogens (tertiary/aromatic N) is 4. The Hall–Kier alpha value is -0.0236. The van der Waals surface area contributed by atoms with Crippen LogP contribution >= 0.6 is 0 Å². The third-order valence-electron chi connectivity index (χ3n) is 0.584. The van der Waals surface area contributed by atoms with Gasteiger partial charge in [-0.15, -0.1) is 0 Å². The van der Waals surface area contributed by atoms with Crippen LogP contribution in [-0.2, 0) is 0 Å². The minimum absolute atomic E-state index is 0. The number of hydrogen-bond donors (Lipinski definition) is 0. The van der Waals surface area contributed by atoms with Crippen LogP contribution in [0.4, 0.5) is 4.79 Å². The maximum Gasteiger partial charge on any atom is 1.00 e. The molecule has 0 spiro atoms. The maximum absolute atomic E-state index is 10.0. The fourth-order valence-corrected chi connectivity index (χ4v) is 0.295. The molecule has 8 heteroatoms. The van der Waals surface area contributed by atoms with Crippen molar-refractivity contribution in [1.29, 1.82) is 0 Å². The molecule has 0 N–H and O–H groups in total. The Bertz CT molecular complexity index is 233.